The maximum absolute atomic E-state index is 9.86. The van der Waals surface area contributed by atoms with E-state index in [1.54, 1.807) is 0 Å². The quantitative estimate of drug-likeness (QED) is 0.792. The lowest BCUT2D eigenvalue weighted by atomic mass is 9.91. The second-order valence-corrected chi connectivity index (χ2v) is 6.48. The number of anilines is 1. The van der Waals surface area contributed by atoms with Crippen molar-refractivity contribution in [1.29, 1.82) is 0 Å². The van der Waals surface area contributed by atoms with Crippen LogP contribution in [0.4, 0.5) is 5.69 Å². The van der Waals surface area contributed by atoms with Crippen LogP contribution in [-0.2, 0) is 12.0 Å². The molecule has 0 amide bonds. The summed E-state index contributed by atoms with van der Waals surface area (Å²) in [6.07, 6.45) is 2.24. The molecule has 3 heteroatoms. The molecule has 1 unspecified atom stereocenters. The summed E-state index contributed by atoms with van der Waals surface area (Å²) < 4.78 is 1.04. The van der Waals surface area contributed by atoms with Crippen LogP contribution in [0.5, 0.6) is 0 Å². The lowest BCUT2D eigenvalue weighted by Gasteiger charge is -2.31. The molecule has 0 fully saturated rings. The van der Waals surface area contributed by atoms with E-state index in [1.165, 1.54) is 5.56 Å². The van der Waals surface area contributed by atoms with Crippen LogP contribution in [0.1, 0.15) is 31.4 Å². The lowest BCUT2D eigenvalue weighted by Crippen LogP contribution is -2.35. The van der Waals surface area contributed by atoms with Gasteiger partial charge >= 0.3 is 0 Å². The number of aliphatic hydroxyl groups excluding tert-OH is 1. The zero-order chi connectivity index (χ0) is 15.3. The number of hydrogen-bond donors (Lipinski definition) is 2. The van der Waals surface area contributed by atoms with Gasteiger partial charge in [0.15, 0.2) is 0 Å². The number of aliphatic hydroxyl groups is 1. The summed E-state index contributed by atoms with van der Waals surface area (Å²) in [5.74, 6) is 0. The Labute approximate surface area is 135 Å². The highest BCUT2D eigenvalue weighted by atomic mass is 79.9. The van der Waals surface area contributed by atoms with Crippen molar-refractivity contribution in [3.63, 3.8) is 0 Å². The van der Waals surface area contributed by atoms with E-state index in [0.717, 1.165) is 28.6 Å². The van der Waals surface area contributed by atoms with Crippen LogP contribution < -0.4 is 5.32 Å². The molecule has 0 radical (unpaired) electrons. The summed E-state index contributed by atoms with van der Waals surface area (Å²) in [6.45, 7) is 4.24. The zero-order valence-corrected chi connectivity index (χ0v) is 14.2. The van der Waals surface area contributed by atoms with Gasteiger partial charge in [-0.05, 0) is 48.7 Å². The molecule has 2 nitrogen and oxygen atoms in total. The average Bonchev–Trinajstić information content (AvgIpc) is 2.50. The van der Waals surface area contributed by atoms with Crippen molar-refractivity contribution in [2.45, 2.75) is 32.2 Å². The van der Waals surface area contributed by atoms with E-state index in [9.17, 15) is 5.11 Å². The van der Waals surface area contributed by atoms with Gasteiger partial charge in [0.1, 0.15) is 0 Å². The first-order valence-corrected chi connectivity index (χ1v) is 8.11. The van der Waals surface area contributed by atoms with Crippen LogP contribution in [-0.4, -0.2) is 11.7 Å². The molecule has 0 bridgehead atoms. The molecule has 0 heterocycles. The topological polar surface area (TPSA) is 32.3 Å². The normalized spacial score (nSPS) is 13.7. The van der Waals surface area contributed by atoms with Gasteiger partial charge in [-0.3, -0.25) is 0 Å². The molecular formula is C18H22BrNO. The molecule has 0 saturated heterocycles. The molecule has 0 aliphatic rings. The molecule has 0 spiro atoms. The first-order valence-electron chi connectivity index (χ1n) is 7.31. The predicted octanol–water partition coefficient (Wildman–Crippen LogP) is 4.72. The van der Waals surface area contributed by atoms with E-state index in [0.29, 0.717) is 0 Å². The molecule has 2 rings (SSSR count). The van der Waals surface area contributed by atoms with Crippen LogP contribution >= 0.6 is 15.9 Å². The van der Waals surface area contributed by atoms with Gasteiger partial charge in [-0.2, -0.15) is 0 Å². The first-order chi connectivity index (χ1) is 10.1. The predicted molar refractivity (Wildman–Crippen MR) is 92.6 cm³/mol. The fraction of sp³-hybridized carbons (Fsp3) is 0.333. The Morgan fingerprint density at radius 3 is 2.19 bits per heavy atom. The van der Waals surface area contributed by atoms with Crippen LogP contribution in [0.15, 0.2) is 53.0 Å². The Kier molecular flexibility index (Phi) is 5.43. The third kappa shape index (κ3) is 4.08. The Hall–Kier alpha value is -1.32. The van der Waals surface area contributed by atoms with E-state index < -0.39 is 5.54 Å². The van der Waals surface area contributed by atoms with Gasteiger partial charge in [0.05, 0.1) is 12.1 Å². The highest BCUT2D eigenvalue weighted by molar-refractivity contribution is 9.10. The van der Waals surface area contributed by atoms with Crippen LogP contribution in [0.2, 0.25) is 0 Å². The van der Waals surface area contributed by atoms with Gasteiger partial charge in [0.2, 0.25) is 0 Å². The maximum atomic E-state index is 9.86. The average molecular weight is 348 g/mol. The molecule has 0 aromatic heterocycles. The lowest BCUT2D eigenvalue weighted by molar-refractivity contribution is 0.224. The third-order valence-corrected chi connectivity index (χ3v) is 4.24. The fourth-order valence-electron chi connectivity index (χ4n) is 2.38. The summed E-state index contributed by atoms with van der Waals surface area (Å²) >= 11 is 3.43. The Morgan fingerprint density at radius 2 is 1.67 bits per heavy atom. The van der Waals surface area contributed by atoms with Crippen molar-refractivity contribution >= 4 is 21.6 Å². The summed E-state index contributed by atoms with van der Waals surface area (Å²) in [5, 5.41) is 13.3. The molecule has 0 aliphatic carbocycles. The molecule has 0 aliphatic heterocycles. The highest BCUT2D eigenvalue weighted by Crippen LogP contribution is 2.27. The van der Waals surface area contributed by atoms with Gasteiger partial charge in [0, 0.05) is 10.2 Å². The molecule has 2 aromatic rings. The second-order valence-electron chi connectivity index (χ2n) is 5.57. The van der Waals surface area contributed by atoms with Crippen molar-refractivity contribution in [2.24, 2.45) is 0 Å². The third-order valence-electron chi connectivity index (χ3n) is 3.71. The summed E-state index contributed by atoms with van der Waals surface area (Å²) in [6, 6.07) is 16.5. The molecule has 0 saturated carbocycles. The zero-order valence-electron chi connectivity index (χ0n) is 12.6. The summed E-state index contributed by atoms with van der Waals surface area (Å²) in [7, 11) is 0. The largest absolute Gasteiger partial charge is 0.394 e. The number of halogens is 1. The number of aryl methyl sites for hydroxylation is 1. The van der Waals surface area contributed by atoms with E-state index in [4.69, 9.17) is 0 Å². The van der Waals surface area contributed by atoms with E-state index in [-0.39, 0.29) is 6.61 Å². The van der Waals surface area contributed by atoms with Crippen molar-refractivity contribution < 1.29 is 5.11 Å². The molecule has 112 valence electrons. The summed E-state index contributed by atoms with van der Waals surface area (Å²) in [5.41, 5.74) is 2.93. The Morgan fingerprint density at radius 1 is 1.05 bits per heavy atom. The fourth-order valence-corrected chi connectivity index (χ4v) is 2.65. The van der Waals surface area contributed by atoms with Crippen molar-refractivity contribution in [2.75, 3.05) is 11.9 Å². The SMILES string of the molecule is CCCc1ccc(C(C)(CO)Nc2ccc(Br)cc2)cc1. The smallest absolute Gasteiger partial charge is 0.0828 e. The monoisotopic (exact) mass is 347 g/mol. The molecule has 21 heavy (non-hydrogen) atoms. The van der Waals surface area contributed by atoms with Gasteiger partial charge in [-0.15, -0.1) is 0 Å². The standard InChI is InChI=1S/C18H22BrNO/c1-3-4-14-5-7-15(8-6-14)18(2,13-21)20-17-11-9-16(19)10-12-17/h5-12,20-21H,3-4,13H2,1-2H3. The van der Waals surface area contributed by atoms with Crippen LogP contribution in [0, 0.1) is 0 Å². The van der Waals surface area contributed by atoms with Crippen molar-refractivity contribution in [1.82, 2.24) is 0 Å². The minimum absolute atomic E-state index is 0.0379. The molecular weight excluding hydrogens is 326 g/mol. The van der Waals surface area contributed by atoms with Gasteiger partial charge < -0.3 is 10.4 Å². The minimum atomic E-state index is -0.488. The number of nitrogens with one attached hydrogen (secondary N) is 1. The molecule has 2 N–H and O–H groups in total. The van der Waals surface area contributed by atoms with E-state index in [1.807, 2.05) is 31.2 Å². The highest BCUT2D eigenvalue weighted by Gasteiger charge is 2.25. The molecule has 2 aromatic carbocycles. The van der Waals surface area contributed by atoms with Gasteiger partial charge in [-0.25, -0.2) is 0 Å². The number of benzene rings is 2. The Bertz CT molecular complexity index is 565. The van der Waals surface area contributed by atoms with Gasteiger partial charge in [-0.1, -0.05) is 53.5 Å². The Balaban J connectivity index is 2.21. The number of hydrogen-bond acceptors (Lipinski definition) is 2. The van der Waals surface area contributed by atoms with Crippen LogP contribution in [0.25, 0.3) is 0 Å². The molecule has 1 atom stereocenters. The van der Waals surface area contributed by atoms with Crippen molar-refractivity contribution in [3.05, 3.63) is 64.1 Å². The van der Waals surface area contributed by atoms with Crippen molar-refractivity contribution in [3.8, 4) is 0 Å². The summed E-state index contributed by atoms with van der Waals surface area (Å²) in [4.78, 5) is 0. The first kappa shape index (κ1) is 16.1. The van der Waals surface area contributed by atoms with Gasteiger partial charge in [0.25, 0.3) is 0 Å². The second kappa shape index (κ2) is 7.10. The van der Waals surface area contributed by atoms with E-state index >= 15 is 0 Å². The minimum Gasteiger partial charge on any atom is -0.394 e. The van der Waals surface area contributed by atoms with E-state index in [2.05, 4.69) is 52.4 Å². The maximum Gasteiger partial charge on any atom is 0.0828 e. The number of rotatable bonds is 6. The van der Waals surface area contributed by atoms with Crippen LogP contribution in [0.3, 0.4) is 0 Å².